The molecule has 0 heterocycles. The number of allylic oxidation sites excluding steroid dienone is 4. The second-order valence-electron chi connectivity index (χ2n) is 13.7. The van der Waals surface area contributed by atoms with Gasteiger partial charge in [0, 0.05) is 0 Å². The van der Waals surface area contributed by atoms with Gasteiger partial charge in [-0.05, 0) is 115 Å². The highest BCUT2D eigenvalue weighted by Crippen LogP contribution is 2.27. The fourth-order valence-corrected chi connectivity index (χ4v) is 5.00. The third-order valence-corrected chi connectivity index (χ3v) is 8.79. The minimum atomic E-state index is -0.736. The van der Waals surface area contributed by atoms with E-state index in [1.807, 2.05) is 0 Å². The third-order valence-electron chi connectivity index (χ3n) is 8.79. The maximum Gasteiger partial charge on any atom is 0.161 e. The fourth-order valence-electron chi connectivity index (χ4n) is 5.00. The van der Waals surface area contributed by atoms with Gasteiger partial charge >= 0.3 is 0 Å². The topological polar surface area (TPSA) is 0 Å². The Bertz CT molecular complexity index is 982. The molecule has 2 atom stereocenters. The van der Waals surface area contributed by atoms with Gasteiger partial charge in [0.1, 0.15) is 0 Å². The minimum Gasteiger partial charge on any atom is -0.203 e. The molecule has 0 N–H and O–H groups in total. The molecule has 2 aromatic rings. The number of halogens is 2. The summed E-state index contributed by atoms with van der Waals surface area (Å²) in [6.45, 7) is 21.1. The van der Waals surface area contributed by atoms with Crippen molar-refractivity contribution >= 4 is 0 Å². The van der Waals surface area contributed by atoms with Crippen LogP contribution in [0.25, 0.3) is 0 Å². The highest BCUT2D eigenvalue weighted by atomic mass is 19.2. The molecule has 2 aromatic carbocycles. The molecule has 2 unspecified atom stereocenters. The van der Waals surface area contributed by atoms with Crippen LogP contribution in [-0.4, -0.2) is 0 Å². The van der Waals surface area contributed by atoms with Gasteiger partial charge in [0.15, 0.2) is 11.6 Å². The van der Waals surface area contributed by atoms with E-state index in [0.717, 1.165) is 23.7 Å². The number of aryl methyl sites for hydroxylation is 4. The Morgan fingerprint density at radius 2 is 0.702 bits per heavy atom. The molecule has 0 bridgehead atoms. The molecule has 276 valence electrons. The summed E-state index contributed by atoms with van der Waals surface area (Å²) in [4.78, 5) is 0. The molecule has 1 saturated carbocycles. The van der Waals surface area contributed by atoms with Crippen LogP contribution in [-0.2, 0) is 0 Å². The van der Waals surface area contributed by atoms with E-state index in [0.29, 0.717) is 11.1 Å². The van der Waals surface area contributed by atoms with E-state index in [2.05, 4.69) is 91.8 Å². The molecular formula is C45H82F2. The van der Waals surface area contributed by atoms with Gasteiger partial charge in [-0.2, -0.15) is 0 Å². The molecule has 0 amide bonds. The molecule has 0 aromatic heterocycles. The van der Waals surface area contributed by atoms with Gasteiger partial charge in [-0.1, -0.05) is 161 Å². The SMILES string of the molecule is C.C.C.C.C.CC1=CCC(C)CC1.CC1=CCC(C)CC1.CC1CCC(C)CC1.Cc1ccc(C)c(F)c1F.Cc1ccc(C)cc1. The predicted molar refractivity (Wildman–Crippen MR) is 216 cm³/mol. The van der Waals surface area contributed by atoms with E-state index in [1.54, 1.807) is 23.3 Å². The standard InChI is InChI=1S/C8H8F2.C8H16.2C8H14.C8H10.5CH4/c1-5-3-4-6(2)8(10)7(5)9;4*1-7-3-5-8(2)6-4-7;;;;;/h3-4H,1-2H3;7-8H,3-6H2,1-2H3;2*3,8H,4-6H2,1-2H3;3-6H,1-2H3;5*1H4. The first-order valence-corrected chi connectivity index (χ1v) is 16.5. The molecule has 3 aliphatic carbocycles. The number of hydrogen-bond donors (Lipinski definition) is 0. The van der Waals surface area contributed by atoms with Crippen molar-refractivity contribution in [1.29, 1.82) is 0 Å². The summed E-state index contributed by atoms with van der Waals surface area (Å²) >= 11 is 0. The van der Waals surface area contributed by atoms with Crippen LogP contribution in [0.2, 0.25) is 0 Å². The highest BCUT2D eigenvalue weighted by molar-refractivity contribution is 5.24. The Labute approximate surface area is 296 Å². The Balaban J connectivity index is -0.000000153. The summed E-state index contributed by atoms with van der Waals surface area (Å²) in [5, 5.41) is 0. The number of benzene rings is 2. The lowest BCUT2D eigenvalue weighted by Crippen LogP contribution is -2.08. The second kappa shape index (κ2) is 29.9. The number of rotatable bonds is 0. The van der Waals surface area contributed by atoms with Crippen molar-refractivity contribution in [3.05, 3.63) is 93.6 Å². The van der Waals surface area contributed by atoms with Gasteiger partial charge in [-0.3, -0.25) is 0 Å². The average Bonchev–Trinajstić information content (AvgIpc) is 2.97. The summed E-state index contributed by atoms with van der Waals surface area (Å²) in [6, 6.07) is 11.6. The van der Waals surface area contributed by atoms with Crippen LogP contribution in [0.15, 0.2) is 59.7 Å². The van der Waals surface area contributed by atoms with Crippen LogP contribution < -0.4 is 0 Å². The molecule has 0 nitrogen and oxygen atoms in total. The van der Waals surface area contributed by atoms with Crippen molar-refractivity contribution in [2.75, 3.05) is 0 Å². The van der Waals surface area contributed by atoms with Crippen LogP contribution in [0.3, 0.4) is 0 Å². The first-order chi connectivity index (χ1) is 19.8. The Morgan fingerprint density at radius 1 is 0.426 bits per heavy atom. The van der Waals surface area contributed by atoms with E-state index in [1.165, 1.54) is 89.2 Å². The fraction of sp³-hybridized carbons (Fsp3) is 0.644. The Morgan fingerprint density at radius 3 is 0.915 bits per heavy atom. The largest absolute Gasteiger partial charge is 0.203 e. The zero-order valence-corrected chi connectivity index (χ0v) is 28.8. The Kier molecular flexibility index (Phi) is 34.5. The van der Waals surface area contributed by atoms with Gasteiger partial charge in [-0.15, -0.1) is 0 Å². The van der Waals surface area contributed by atoms with Gasteiger partial charge in [0.05, 0.1) is 0 Å². The van der Waals surface area contributed by atoms with Crippen molar-refractivity contribution in [2.24, 2.45) is 23.7 Å². The average molecular weight is 661 g/mol. The molecule has 0 radical (unpaired) electrons. The molecule has 2 heteroatoms. The Hall–Kier alpha value is -2.22. The van der Waals surface area contributed by atoms with Crippen molar-refractivity contribution < 1.29 is 8.78 Å². The third kappa shape index (κ3) is 25.5. The van der Waals surface area contributed by atoms with Crippen molar-refractivity contribution in [1.82, 2.24) is 0 Å². The summed E-state index contributed by atoms with van der Waals surface area (Å²) < 4.78 is 25.2. The summed E-state index contributed by atoms with van der Waals surface area (Å²) in [5.74, 6) is 2.45. The van der Waals surface area contributed by atoms with Crippen molar-refractivity contribution in [3.8, 4) is 0 Å². The monoisotopic (exact) mass is 661 g/mol. The van der Waals surface area contributed by atoms with Crippen molar-refractivity contribution in [2.45, 2.75) is 171 Å². The van der Waals surface area contributed by atoms with Gasteiger partial charge in [0.25, 0.3) is 0 Å². The molecule has 5 rings (SSSR count). The molecule has 47 heavy (non-hydrogen) atoms. The second-order valence-corrected chi connectivity index (χ2v) is 13.7. The van der Waals surface area contributed by atoms with Gasteiger partial charge in [-0.25, -0.2) is 8.78 Å². The van der Waals surface area contributed by atoms with Crippen LogP contribution in [0.1, 0.15) is 165 Å². The van der Waals surface area contributed by atoms with E-state index < -0.39 is 11.6 Å². The van der Waals surface area contributed by atoms with Crippen molar-refractivity contribution in [3.63, 3.8) is 0 Å². The summed E-state index contributed by atoms with van der Waals surface area (Å²) in [7, 11) is 0. The normalized spacial score (nSPS) is 20.6. The lowest BCUT2D eigenvalue weighted by Gasteiger charge is -2.22. The lowest BCUT2D eigenvalue weighted by molar-refractivity contribution is 0.308. The van der Waals surface area contributed by atoms with Gasteiger partial charge < -0.3 is 0 Å². The molecule has 3 aliphatic rings. The van der Waals surface area contributed by atoms with Crippen LogP contribution in [0.5, 0.6) is 0 Å². The van der Waals surface area contributed by atoms with E-state index in [-0.39, 0.29) is 37.1 Å². The summed E-state index contributed by atoms with van der Waals surface area (Å²) in [6.07, 6.45) is 18.7. The summed E-state index contributed by atoms with van der Waals surface area (Å²) in [5.41, 5.74) is 6.53. The van der Waals surface area contributed by atoms with E-state index in [9.17, 15) is 8.78 Å². The zero-order chi connectivity index (χ0) is 31.7. The van der Waals surface area contributed by atoms with Crippen LogP contribution in [0, 0.1) is 63.0 Å². The van der Waals surface area contributed by atoms with Crippen LogP contribution >= 0.6 is 0 Å². The maximum absolute atomic E-state index is 12.6. The first kappa shape index (κ1) is 54.2. The smallest absolute Gasteiger partial charge is 0.161 e. The molecule has 0 saturated heterocycles. The van der Waals surface area contributed by atoms with Gasteiger partial charge in [0.2, 0.25) is 0 Å². The molecule has 0 spiro atoms. The van der Waals surface area contributed by atoms with E-state index in [4.69, 9.17) is 0 Å². The zero-order valence-electron chi connectivity index (χ0n) is 28.8. The van der Waals surface area contributed by atoms with E-state index >= 15 is 0 Å². The minimum absolute atomic E-state index is 0. The predicted octanol–water partition coefficient (Wildman–Crippen LogP) is 16.4. The molecular weight excluding hydrogens is 578 g/mol. The highest BCUT2D eigenvalue weighted by Gasteiger charge is 2.13. The molecule has 1 fully saturated rings. The number of hydrogen-bond acceptors (Lipinski definition) is 0. The lowest BCUT2D eigenvalue weighted by atomic mass is 9.84. The maximum atomic E-state index is 12.6. The quantitative estimate of drug-likeness (QED) is 0.247. The first-order valence-electron chi connectivity index (χ1n) is 16.5. The van der Waals surface area contributed by atoms with Crippen LogP contribution in [0.4, 0.5) is 8.78 Å². The molecule has 0 aliphatic heterocycles.